The van der Waals surface area contributed by atoms with Gasteiger partial charge in [-0.05, 0) is 29.7 Å². The first-order valence-corrected chi connectivity index (χ1v) is 5.76. The topological polar surface area (TPSA) is 68.9 Å². The number of halogens is 1. The van der Waals surface area contributed by atoms with Crippen LogP contribution in [0, 0.1) is 10.1 Å². The molecule has 0 spiro atoms. The minimum absolute atomic E-state index is 0.00231. The molecule has 0 amide bonds. The fourth-order valence-corrected chi connectivity index (χ4v) is 1.77. The molecule has 1 aromatic heterocycles. The normalized spacial score (nSPS) is 10.3. The average molecular weight is 264 g/mol. The number of hydrogen-bond acceptors (Lipinski definition) is 4. The summed E-state index contributed by atoms with van der Waals surface area (Å²) in [6.45, 7) is 2.01. The molecule has 18 heavy (non-hydrogen) atoms. The number of aromatic nitrogens is 2. The maximum absolute atomic E-state index is 10.9. The van der Waals surface area contributed by atoms with E-state index in [1.807, 2.05) is 25.1 Å². The second kappa shape index (κ2) is 5.10. The van der Waals surface area contributed by atoms with Crippen LogP contribution in [0.1, 0.15) is 12.5 Å². The smallest absolute Gasteiger partial charge is 0.258 e. The summed E-state index contributed by atoms with van der Waals surface area (Å²) in [7, 11) is 0. The molecule has 0 saturated heterocycles. The fraction of sp³-hybridized carbons (Fsp3) is 0.167. The van der Waals surface area contributed by atoms with E-state index in [-0.39, 0.29) is 16.7 Å². The Morgan fingerprint density at radius 2 is 2.22 bits per heavy atom. The molecule has 0 saturated carbocycles. The third-order valence-electron chi connectivity index (χ3n) is 2.55. The van der Waals surface area contributed by atoms with Crippen LogP contribution in [0.2, 0.25) is 5.28 Å². The van der Waals surface area contributed by atoms with Crippen molar-refractivity contribution in [2.24, 2.45) is 0 Å². The first-order valence-electron chi connectivity index (χ1n) is 5.38. The molecule has 0 unspecified atom stereocenters. The molecule has 1 aromatic carbocycles. The standard InChI is InChI=1S/C12H10ClN3O2/c1-2-8-4-3-5-9(6-8)11-10(16(17)18)7-14-12(13)15-11/h3-7H,2H2,1H3. The minimum Gasteiger partial charge on any atom is -0.258 e. The molecule has 2 rings (SSSR count). The zero-order valence-electron chi connectivity index (χ0n) is 9.63. The number of aryl methyl sites for hydroxylation is 1. The van der Waals surface area contributed by atoms with Gasteiger partial charge in [0.05, 0.1) is 4.92 Å². The highest BCUT2D eigenvalue weighted by Gasteiger charge is 2.18. The Hall–Kier alpha value is -2.01. The summed E-state index contributed by atoms with van der Waals surface area (Å²) in [6.07, 6.45) is 1.98. The molecule has 5 nitrogen and oxygen atoms in total. The van der Waals surface area contributed by atoms with Crippen LogP contribution in [0.5, 0.6) is 0 Å². The van der Waals surface area contributed by atoms with Gasteiger partial charge in [-0.1, -0.05) is 25.1 Å². The van der Waals surface area contributed by atoms with Crippen molar-refractivity contribution < 1.29 is 4.92 Å². The van der Waals surface area contributed by atoms with Gasteiger partial charge in [0.2, 0.25) is 5.28 Å². The van der Waals surface area contributed by atoms with Gasteiger partial charge in [0.25, 0.3) is 0 Å². The Balaban J connectivity index is 2.61. The van der Waals surface area contributed by atoms with Crippen LogP contribution < -0.4 is 0 Å². The summed E-state index contributed by atoms with van der Waals surface area (Å²) in [5, 5.41) is 10.9. The van der Waals surface area contributed by atoms with E-state index in [1.165, 1.54) is 0 Å². The highest BCUT2D eigenvalue weighted by molar-refractivity contribution is 6.28. The quantitative estimate of drug-likeness (QED) is 0.484. The predicted octanol–water partition coefficient (Wildman–Crippen LogP) is 3.27. The van der Waals surface area contributed by atoms with Gasteiger partial charge in [0.15, 0.2) is 5.69 Å². The van der Waals surface area contributed by atoms with Crippen molar-refractivity contribution in [3.05, 3.63) is 51.4 Å². The monoisotopic (exact) mass is 263 g/mol. The van der Waals surface area contributed by atoms with E-state index < -0.39 is 4.92 Å². The summed E-state index contributed by atoms with van der Waals surface area (Å²) in [5.74, 6) is 0. The highest BCUT2D eigenvalue weighted by atomic mass is 35.5. The maximum Gasteiger partial charge on any atom is 0.313 e. The number of hydrogen-bond donors (Lipinski definition) is 0. The molecule has 0 aliphatic carbocycles. The van der Waals surface area contributed by atoms with Crippen molar-refractivity contribution in [2.75, 3.05) is 0 Å². The van der Waals surface area contributed by atoms with E-state index >= 15 is 0 Å². The SMILES string of the molecule is CCc1cccc(-c2nc(Cl)ncc2[N+](=O)[O-])c1. The molecule has 0 bridgehead atoms. The van der Waals surface area contributed by atoms with Crippen molar-refractivity contribution in [1.82, 2.24) is 9.97 Å². The van der Waals surface area contributed by atoms with Gasteiger partial charge in [-0.15, -0.1) is 0 Å². The minimum atomic E-state index is -0.510. The zero-order chi connectivity index (χ0) is 13.1. The lowest BCUT2D eigenvalue weighted by Crippen LogP contribution is -1.97. The second-order valence-corrected chi connectivity index (χ2v) is 4.02. The van der Waals surface area contributed by atoms with Crippen LogP contribution in [-0.4, -0.2) is 14.9 Å². The van der Waals surface area contributed by atoms with Crippen molar-refractivity contribution in [1.29, 1.82) is 0 Å². The third-order valence-corrected chi connectivity index (χ3v) is 2.73. The van der Waals surface area contributed by atoms with Gasteiger partial charge >= 0.3 is 5.69 Å². The number of benzene rings is 1. The summed E-state index contributed by atoms with van der Waals surface area (Å²) >= 11 is 5.70. The number of nitrogens with zero attached hydrogens (tertiary/aromatic N) is 3. The number of nitro groups is 1. The van der Waals surface area contributed by atoms with Crippen LogP contribution in [0.15, 0.2) is 30.5 Å². The predicted molar refractivity (Wildman–Crippen MR) is 68.5 cm³/mol. The Kier molecular flexibility index (Phi) is 3.53. The third kappa shape index (κ3) is 2.46. The lowest BCUT2D eigenvalue weighted by atomic mass is 10.1. The van der Waals surface area contributed by atoms with E-state index in [9.17, 15) is 10.1 Å². The first-order chi connectivity index (χ1) is 8.61. The maximum atomic E-state index is 10.9. The first kappa shape index (κ1) is 12.4. The molecule has 1 heterocycles. The Labute approximate surface area is 109 Å². The molecule has 2 aromatic rings. The van der Waals surface area contributed by atoms with Crippen LogP contribution >= 0.6 is 11.6 Å². The Bertz CT molecular complexity index is 602. The molecule has 0 aliphatic rings. The molecule has 0 aliphatic heterocycles. The molecule has 0 fully saturated rings. The Morgan fingerprint density at radius 3 is 2.89 bits per heavy atom. The van der Waals surface area contributed by atoms with E-state index in [0.29, 0.717) is 5.56 Å². The van der Waals surface area contributed by atoms with Crippen LogP contribution in [0.3, 0.4) is 0 Å². The zero-order valence-corrected chi connectivity index (χ0v) is 10.4. The van der Waals surface area contributed by atoms with Crippen molar-refractivity contribution in [3.63, 3.8) is 0 Å². The summed E-state index contributed by atoms with van der Waals surface area (Å²) < 4.78 is 0. The van der Waals surface area contributed by atoms with Gasteiger partial charge in [-0.2, -0.15) is 0 Å². The van der Waals surface area contributed by atoms with E-state index in [2.05, 4.69) is 9.97 Å². The molecule has 0 atom stereocenters. The summed E-state index contributed by atoms with van der Waals surface area (Å²) in [5.41, 5.74) is 1.85. The van der Waals surface area contributed by atoms with Gasteiger partial charge in [0, 0.05) is 5.56 Å². The largest absolute Gasteiger partial charge is 0.313 e. The summed E-state index contributed by atoms with van der Waals surface area (Å²) in [6, 6.07) is 7.43. The molecule has 0 radical (unpaired) electrons. The molecular formula is C12H10ClN3O2. The molecule has 92 valence electrons. The van der Waals surface area contributed by atoms with E-state index in [4.69, 9.17) is 11.6 Å². The lowest BCUT2D eigenvalue weighted by Gasteiger charge is -2.04. The van der Waals surface area contributed by atoms with Crippen LogP contribution in [0.4, 0.5) is 5.69 Å². The van der Waals surface area contributed by atoms with E-state index in [0.717, 1.165) is 18.2 Å². The van der Waals surface area contributed by atoms with Crippen molar-refractivity contribution >= 4 is 17.3 Å². The lowest BCUT2D eigenvalue weighted by molar-refractivity contribution is -0.384. The molecule has 0 N–H and O–H groups in total. The number of rotatable bonds is 3. The van der Waals surface area contributed by atoms with Crippen molar-refractivity contribution in [3.8, 4) is 11.3 Å². The molecular weight excluding hydrogens is 254 g/mol. The summed E-state index contributed by atoms with van der Waals surface area (Å²) in [4.78, 5) is 18.0. The van der Waals surface area contributed by atoms with Crippen molar-refractivity contribution in [2.45, 2.75) is 13.3 Å². The van der Waals surface area contributed by atoms with Crippen LogP contribution in [0.25, 0.3) is 11.3 Å². The second-order valence-electron chi connectivity index (χ2n) is 3.68. The van der Waals surface area contributed by atoms with Gasteiger partial charge in [0.1, 0.15) is 6.20 Å². The van der Waals surface area contributed by atoms with Gasteiger partial charge in [-0.3, -0.25) is 10.1 Å². The highest BCUT2D eigenvalue weighted by Crippen LogP contribution is 2.28. The van der Waals surface area contributed by atoms with Gasteiger partial charge < -0.3 is 0 Å². The van der Waals surface area contributed by atoms with Gasteiger partial charge in [-0.25, -0.2) is 9.97 Å². The Morgan fingerprint density at radius 1 is 1.44 bits per heavy atom. The van der Waals surface area contributed by atoms with Crippen LogP contribution in [-0.2, 0) is 6.42 Å². The average Bonchev–Trinajstić information content (AvgIpc) is 2.38. The fourth-order valence-electron chi connectivity index (χ4n) is 1.64. The van der Waals surface area contributed by atoms with E-state index in [1.54, 1.807) is 6.07 Å². The molecule has 6 heteroatoms.